The molecule has 1 unspecified atom stereocenters. The molecule has 0 spiro atoms. The van der Waals surface area contributed by atoms with Crippen LogP contribution in [0.25, 0.3) is 0 Å². The Kier molecular flexibility index (Phi) is 3.11. The summed E-state index contributed by atoms with van der Waals surface area (Å²) in [5, 5.41) is 19.9. The minimum absolute atomic E-state index is 0.0325. The third-order valence-electron chi connectivity index (χ3n) is 3.31. The normalized spacial score (nSPS) is 22.5. The molecule has 102 valence electrons. The number of nitrogens with two attached hydrogens (primary N) is 1. The van der Waals surface area contributed by atoms with Crippen molar-refractivity contribution in [3.63, 3.8) is 0 Å². The van der Waals surface area contributed by atoms with Crippen LogP contribution >= 0.6 is 0 Å². The standard InChI is InChI=1S/C11H14N4O4/c1-7-5-13-9(4-8(7)15(18)19)14-3-2-11(12,6-14)10(16)17/h4-5H,2-3,6,12H2,1H3,(H,16,17). The molecule has 2 rings (SSSR count). The fourth-order valence-corrected chi connectivity index (χ4v) is 2.08. The summed E-state index contributed by atoms with van der Waals surface area (Å²) >= 11 is 0. The number of pyridine rings is 1. The Hall–Kier alpha value is -2.22. The summed E-state index contributed by atoms with van der Waals surface area (Å²) in [5.74, 6) is -0.692. The minimum atomic E-state index is -1.32. The summed E-state index contributed by atoms with van der Waals surface area (Å²) in [6, 6.07) is 1.35. The van der Waals surface area contributed by atoms with Gasteiger partial charge in [-0.25, -0.2) is 4.98 Å². The highest BCUT2D eigenvalue weighted by molar-refractivity contribution is 5.80. The Labute approximate surface area is 109 Å². The van der Waals surface area contributed by atoms with E-state index in [1.807, 2.05) is 0 Å². The van der Waals surface area contributed by atoms with Gasteiger partial charge >= 0.3 is 5.97 Å². The van der Waals surface area contributed by atoms with E-state index in [0.717, 1.165) is 0 Å². The molecule has 1 fully saturated rings. The Morgan fingerprint density at radius 3 is 2.89 bits per heavy atom. The predicted molar refractivity (Wildman–Crippen MR) is 67.0 cm³/mol. The molecule has 0 saturated carbocycles. The first-order valence-electron chi connectivity index (χ1n) is 5.72. The second-order valence-corrected chi connectivity index (χ2v) is 4.72. The molecule has 19 heavy (non-hydrogen) atoms. The maximum Gasteiger partial charge on any atom is 0.325 e. The fourth-order valence-electron chi connectivity index (χ4n) is 2.08. The van der Waals surface area contributed by atoms with E-state index in [0.29, 0.717) is 17.9 Å². The first kappa shape index (κ1) is 13.2. The zero-order valence-corrected chi connectivity index (χ0v) is 10.4. The van der Waals surface area contributed by atoms with E-state index in [4.69, 9.17) is 10.8 Å². The van der Waals surface area contributed by atoms with Gasteiger partial charge in [0.25, 0.3) is 5.69 Å². The molecular weight excluding hydrogens is 252 g/mol. The number of nitrogens with zero attached hydrogens (tertiary/aromatic N) is 3. The Balaban J connectivity index is 2.28. The highest BCUT2D eigenvalue weighted by Crippen LogP contribution is 2.27. The molecule has 8 nitrogen and oxygen atoms in total. The smallest absolute Gasteiger partial charge is 0.325 e. The molecule has 1 aromatic heterocycles. The van der Waals surface area contributed by atoms with Gasteiger partial charge in [0.15, 0.2) is 0 Å². The van der Waals surface area contributed by atoms with E-state index in [-0.39, 0.29) is 18.7 Å². The summed E-state index contributed by atoms with van der Waals surface area (Å²) in [6.07, 6.45) is 1.69. The lowest BCUT2D eigenvalue weighted by molar-refractivity contribution is -0.385. The van der Waals surface area contributed by atoms with Crippen molar-refractivity contribution >= 4 is 17.5 Å². The fraction of sp³-hybridized carbons (Fsp3) is 0.455. The number of carboxylic acid groups (broad SMARTS) is 1. The van der Waals surface area contributed by atoms with Crippen molar-refractivity contribution in [3.05, 3.63) is 27.9 Å². The lowest BCUT2D eigenvalue weighted by Crippen LogP contribution is -2.50. The Morgan fingerprint density at radius 2 is 2.37 bits per heavy atom. The van der Waals surface area contributed by atoms with Crippen molar-refractivity contribution in [2.45, 2.75) is 18.9 Å². The van der Waals surface area contributed by atoms with Crippen LogP contribution in [0.2, 0.25) is 0 Å². The maximum atomic E-state index is 11.0. The van der Waals surface area contributed by atoms with Gasteiger partial charge in [-0.1, -0.05) is 0 Å². The van der Waals surface area contributed by atoms with Crippen molar-refractivity contribution in [3.8, 4) is 0 Å². The molecule has 1 aliphatic rings. The van der Waals surface area contributed by atoms with Gasteiger partial charge in [0.2, 0.25) is 0 Å². The quantitative estimate of drug-likeness (QED) is 0.595. The lowest BCUT2D eigenvalue weighted by atomic mass is 10.0. The average molecular weight is 266 g/mol. The van der Waals surface area contributed by atoms with Gasteiger partial charge in [-0.15, -0.1) is 0 Å². The molecule has 3 N–H and O–H groups in total. The molecule has 2 heterocycles. The van der Waals surface area contributed by atoms with Gasteiger partial charge in [-0.3, -0.25) is 14.9 Å². The summed E-state index contributed by atoms with van der Waals surface area (Å²) in [4.78, 5) is 27.2. The van der Waals surface area contributed by atoms with E-state index < -0.39 is 16.4 Å². The molecule has 8 heteroatoms. The number of hydrogen-bond donors (Lipinski definition) is 2. The third kappa shape index (κ3) is 2.34. The van der Waals surface area contributed by atoms with Crippen molar-refractivity contribution in [1.29, 1.82) is 0 Å². The van der Waals surface area contributed by atoms with Crippen LogP contribution in [0.3, 0.4) is 0 Å². The van der Waals surface area contributed by atoms with Crippen LogP contribution in [0.15, 0.2) is 12.3 Å². The van der Waals surface area contributed by atoms with Crippen LogP contribution in [0.5, 0.6) is 0 Å². The topological polar surface area (TPSA) is 123 Å². The molecule has 0 aromatic carbocycles. The third-order valence-corrected chi connectivity index (χ3v) is 3.31. The van der Waals surface area contributed by atoms with Gasteiger partial charge in [-0.05, 0) is 13.3 Å². The monoisotopic (exact) mass is 266 g/mol. The lowest BCUT2D eigenvalue weighted by Gasteiger charge is -2.20. The zero-order chi connectivity index (χ0) is 14.2. The van der Waals surface area contributed by atoms with Crippen molar-refractivity contribution < 1.29 is 14.8 Å². The number of aryl methyl sites for hydroxylation is 1. The summed E-state index contributed by atoms with van der Waals surface area (Å²) in [5.41, 5.74) is 4.87. The summed E-state index contributed by atoms with van der Waals surface area (Å²) in [7, 11) is 0. The van der Waals surface area contributed by atoms with Crippen LogP contribution in [-0.2, 0) is 4.79 Å². The van der Waals surface area contributed by atoms with Crippen molar-refractivity contribution in [2.24, 2.45) is 5.73 Å². The van der Waals surface area contributed by atoms with Crippen LogP contribution in [0.1, 0.15) is 12.0 Å². The van der Waals surface area contributed by atoms with E-state index in [2.05, 4.69) is 4.98 Å². The number of anilines is 1. The molecule has 0 aliphatic carbocycles. The number of aromatic nitrogens is 1. The van der Waals surface area contributed by atoms with Gasteiger partial charge in [-0.2, -0.15) is 0 Å². The van der Waals surface area contributed by atoms with Crippen LogP contribution < -0.4 is 10.6 Å². The molecular formula is C11H14N4O4. The maximum absolute atomic E-state index is 11.0. The van der Waals surface area contributed by atoms with E-state index >= 15 is 0 Å². The molecule has 1 aliphatic heterocycles. The second-order valence-electron chi connectivity index (χ2n) is 4.72. The number of carbonyl (C=O) groups is 1. The summed E-state index contributed by atoms with van der Waals surface area (Å²) < 4.78 is 0. The number of nitro groups is 1. The first-order valence-corrected chi connectivity index (χ1v) is 5.72. The van der Waals surface area contributed by atoms with Crippen LogP contribution in [-0.4, -0.2) is 39.6 Å². The number of aliphatic carboxylic acids is 1. The highest BCUT2D eigenvalue weighted by atomic mass is 16.6. The summed E-state index contributed by atoms with van der Waals surface area (Å²) in [6.45, 7) is 2.11. The number of rotatable bonds is 3. The zero-order valence-electron chi connectivity index (χ0n) is 10.4. The largest absolute Gasteiger partial charge is 0.480 e. The SMILES string of the molecule is Cc1cnc(N2CCC(N)(C(=O)O)C2)cc1[N+](=O)[O-]. The van der Waals surface area contributed by atoms with E-state index in [1.54, 1.807) is 11.8 Å². The molecule has 0 radical (unpaired) electrons. The number of hydrogen-bond acceptors (Lipinski definition) is 6. The Bertz CT molecular complexity index is 547. The first-order chi connectivity index (χ1) is 8.83. The van der Waals surface area contributed by atoms with E-state index in [1.165, 1.54) is 12.3 Å². The van der Waals surface area contributed by atoms with Gasteiger partial charge in [0, 0.05) is 24.8 Å². The van der Waals surface area contributed by atoms with Crippen molar-refractivity contribution in [2.75, 3.05) is 18.0 Å². The van der Waals surface area contributed by atoms with Crippen molar-refractivity contribution in [1.82, 2.24) is 4.98 Å². The van der Waals surface area contributed by atoms with Gasteiger partial charge in [0.1, 0.15) is 11.4 Å². The Morgan fingerprint density at radius 1 is 1.68 bits per heavy atom. The number of carboxylic acids is 1. The van der Waals surface area contributed by atoms with E-state index in [9.17, 15) is 14.9 Å². The average Bonchev–Trinajstić information content (AvgIpc) is 2.73. The van der Waals surface area contributed by atoms with Gasteiger partial charge < -0.3 is 15.7 Å². The predicted octanol–water partition coefficient (Wildman–Crippen LogP) is 0.290. The molecule has 1 saturated heterocycles. The van der Waals surface area contributed by atoms with Gasteiger partial charge in [0.05, 0.1) is 11.0 Å². The van der Waals surface area contributed by atoms with Crippen LogP contribution in [0.4, 0.5) is 11.5 Å². The molecule has 1 atom stereocenters. The minimum Gasteiger partial charge on any atom is -0.480 e. The molecule has 1 aromatic rings. The second kappa shape index (κ2) is 4.47. The molecule has 0 bridgehead atoms. The van der Waals surface area contributed by atoms with Crippen LogP contribution in [0, 0.1) is 17.0 Å². The molecule has 0 amide bonds. The highest BCUT2D eigenvalue weighted by Gasteiger charge is 2.42.